The molecule has 0 aliphatic rings. The molecular weight excluding hydrogens is 110 g/mol. The first-order valence-corrected chi connectivity index (χ1v) is 2.08. The molecule has 5 nitrogen and oxygen atoms in total. The van der Waals surface area contributed by atoms with Crippen molar-refractivity contribution in [3.63, 3.8) is 0 Å². The summed E-state index contributed by atoms with van der Waals surface area (Å²) in [6.07, 6.45) is -0.755. The molecule has 0 atom stereocenters. The van der Waals surface area contributed by atoms with Gasteiger partial charge in [0.2, 0.25) is 0 Å². The number of amides is 1. The number of carbonyl (C=O) groups is 1. The summed E-state index contributed by atoms with van der Waals surface area (Å²) < 4.78 is 4.28. The highest BCUT2D eigenvalue weighted by molar-refractivity contribution is 5.66. The smallest absolute Gasteiger partial charge is 0.379 e. The number of ether oxygens (including phenoxy) is 1. The summed E-state index contributed by atoms with van der Waals surface area (Å²) in [6, 6.07) is 0. The van der Waals surface area contributed by atoms with Crippen LogP contribution in [0.5, 0.6) is 0 Å². The topological polar surface area (TPSA) is 74.7 Å². The minimum Gasteiger partial charge on any atom is -0.462 e. The van der Waals surface area contributed by atoms with Crippen molar-refractivity contribution in [1.29, 1.82) is 0 Å². The van der Waals surface area contributed by atoms with Gasteiger partial charge in [0, 0.05) is 0 Å². The van der Waals surface area contributed by atoms with Crippen LogP contribution in [-0.4, -0.2) is 12.7 Å². The van der Waals surface area contributed by atoms with Crippen molar-refractivity contribution >= 4 is 6.09 Å². The molecule has 0 aliphatic carbocycles. The van der Waals surface area contributed by atoms with Crippen LogP contribution in [-0.2, 0) is 4.74 Å². The SMILES string of the molecule is CCOC(=O)N[N+]=[N-]. The Labute approximate surface area is 46.5 Å². The Morgan fingerprint density at radius 3 is 3.00 bits per heavy atom. The van der Waals surface area contributed by atoms with Crippen LogP contribution in [0.1, 0.15) is 6.92 Å². The van der Waals surface area contributed by atoms with Crippen LogP contribution < -0.4 is 10.6 Å². The number of nitrogens with zero attached hydrogens (tertiary/aromatic N) is 2. The Morgan fingerprint density at radius 2 is 2.62 bits per heavy atom. The number of hydrogen-bond donors (Lipinski definition) is 1. The van der Waals surface area contributed by atoms with Crippen LogP contribution >= 0.6 is 0 Å². The summed E-state index contributed by atoms with van der Waals surface area (Å²) in [4.78, 5) is 10.1. The second-order valence-corrected chi connectivity index (χ2v) is 0.932. The Kier molecular flexibility index (Phi) is 3.47. The average Bonchev–Trinajstić information content (AvgIpc) is 1.68. The van der Waals surface area contributed by atoms with Crippen LogP contribution in [0.25, 0.3) is 5.53 Å². The Balaban J connectivity index is 3.18. The zero-order chi connectivity index (χ0) is 6.41. The first-order valence-electron chi connectivity index (χ1n) is 2.08. The molecule has 1 amide bonds. The summed E-state index contributed by atoms with van der Waals surface area (Å²) in [5, 5.41) is 2.33. The molecule has 0 aromatic heterocycles. The quantitative estimate of drug-likeness (QED) is 0.407. The van der Waals surface area contributed by atoms with E-state index in [2.05, 4.69) is 9.96 Å². The van der Waals surface area contributed by atoms with E-state index >= 15 is 0 Å². The van der Waals surface area contributed by atoms with E-state index in [0.717, 1.165) is 0 Å². The van der Waals surface area contributed by atoms with E-state index in [-0.39, 0.29) is 6.61 Å². The Morgan fingerprint density at radius 1 is 2.00 bits per heavy atom. The van der Waals surface area contributed by atoms with E-state index in [9.17, 15) is 4.79 Å². The molecule has 1 radical (unpaired) electrons. The average molecular weight is 116 g/mol. The highest BCUT2D eigenvalue weighted by Crippen LogP contribution is 1.70. The predicted molar refractivity (Wildman–Crippen MR) is 25.7 cm³/mol. The van der Waals surface area contributed by atoms with Gasteiger partial charge >= 0.3 is 6.09 Å². The number of nitrogens with one attached hydrogen (secondary N) is 1. The van der Waals surface area contributed by atoms with Gasteiger partial charge in [0.1, 0.15) is 5.22 Å². The fourth-order valence-electron chi connectivity index (χ4n) is 0.204. The van der Waals surface area contributed by atoms with Gasteiger partial charge < -0.3 is 4.74 Å². The Hall–Kier alpha value is -1.13. The number of carbonyl (C=O) groups excluding carboxylic acids is 1. The molecule has 0 aliphatic heterocycles. The standard InChI is InChI=1S/C3H6N3O2/c1-2-8-3(7)5-6-4/h2H2,1H3,(H-,4,5,7). The fourth-order valence-corrected chi connectivity index (χ4v) is 0.204. The third kappa shape index (κ3) is 3.08. The van der Waals surface area contributed by atoms with Gasteiger partial charge in [-0.2, -0.15) is 0 Å². The molecule has 0 bridgehead atoms. The van der Waals surface area contributed by atoms with Gasteiger partial charge in [-0.25, -0.2) is 4.79 Å². The van der Waals surface area contributed by atoms with Crippen LogP contribution in [0.3, 0.4) is 0 Å². The van der Waals surface area contributed by atoms with E-state index in [0.29, 0.717) is 0 Å². The van der Waals surface area contributed by atoms with Crippen molar-refractivity contribution in [2.24, 2.45) is 0 Å². The maximum atomic E-state index is 10.1. The van der Waals surface area contributed by atoms with Gasteiger partial charge in [0.05, 0.1) is 6.61 Å². The van der Waals surface area contributed by atoms with Crippen LogP contribution in [0.4, 0.5) is 4.79 Å². The molecule has 0 saturated carbocycles. The predicted octanol–water partition coefficient (Wildman–Crippen LogP) is 0.00490. The highest BCUT2D eigenvalue weighted by Gasteiger charge is 1.93. The second-order valence-electron chi connectivity index (χ2n) is 0.932. The zero-order valence-electron chi connectivity index (χ0n) is 4.42. The van der Waals surface area contributed by atoms with Crippen molar-refractivity contribution in [3.05, 3.63) is 5.53 Å². The number of hydrogen-bond acceptors (Lipinski definition) is 3. The minimum absolute atomic E-state index is 0.265. The molecule has 0 unspecified atom stereocenters. The van der Waals surface area contributed by atoms with Gasteiger partial charge in [-0.3, -0.25) is 0 Å². The molecule has 0 saturated heterocycles. The van der Waals surface area contributed by atoms with Gasteiger partial charge in [0.25, 0.3) is 0 Å². The molecule has 45 valence electrons. The van der Waals surface area contributed by atoms with Gasteiger partial charge in [0.15, 0.2) is 0 Å². The second kappa shape index (κ2) is 4.04. The third-order valence-electron chi connectivity index (χ3n) is 0.417. The molecule has 0 aromatic carbocycles. The summed E-state index contributed by atoms with van der Waals surface area (Å²) in [5.41, 5.74) is 9.34. The first-order chi connectivity index (χ1) is 3.81. The maximum absolute atomic E-state index is 10.1. The monoisotopic (exact) mass is 116 g/mol. The molecule has 8 heavy (non-hydrogen) atoms. The number of rotatable bonds is 2. The van der Waals surface area contributed by atoms with E-state index < -0.39 is 6.09 Å². The molecule has 5 heteroatoms. The minimum atomic E-state index is -0.755. The molecular formula is C3H6N3O2. The van der Waals surface area contributed by atoms with E-state index in [1.54, 1.807) is 12.3 Å². The lowest BCUT2D eigenvalue weighted by molar-refractivity contribution is 0.150. The first kappa shape index (κ1) is 6.87. The van der Waals surface area contributed by atoms with Crippen molar-refractivity contribution < 1.29 is 9.53 Å². The van der Waals surface area contributed by atoms with E-state index in [1.165, 1.54) is 0 Å². The highest BCUT2D eigenvalue weighted by atomic mass is 16.5. The Bertz CT molecular complexity index is 92.5. The maximum Gasteiger partial charge on any atom is 0.379 e. The summed E-state index contributed by atoms with van der Waals surface area (Å²) in [7, 11) is 0. The lowest BCUT2D eigenvalue weighted by Crippen LogP contribution is -2.24. The summed E-state index contributed by atoms with van der Waals surface area (Å²) >= 11 is 0. The van der Waals surface area contributed by atoms with Crippen molar-refractivity contribution in [3.8, 4) is 0 Å². The molecule has 1 N–H and O–H groups in total. The lowest BCUT2D eigenvalue weighted by atomic mass is 10.9. The van der Waals surface area contributed by atoms with Gasteiger partial charge in [-0.05, 0) is 6.92 Å². The van der Waals surface area contributed by atoms with Crippen LogP contribution in [0.15, 0.2) is 0 Å². The van der Waals surface area contributed by atoms with E-state index in [1.807, 2.05) is 0 Å². The zero-order valence-corrected chi connectivity index (χ0v) is 4.42. The normalized spacial score (nSPS) is 7.62. The molecule has 0 aromatic rings. The van der Waals surface area contributed by atoms with E-state index in [4.69, 9.17) is 5.53 Å². The molecule has 0 heterocycles. The van der Waals surface area contributed by atoms with Crippen molar-refractivity contribution in [2.45, 2.75) is 6.92 Å². The van der Waals surface area contributed by atoms with Crippen molar-refractivity contribution in [2.75, 3.05) is 6.61 Å². The summed E-state index contributed by atoms with van der Waals surface area (Å²) in [5.74, 6) is 0. The van der Waals surface area contributed by atoms with Crippen LogP contribution in [0.2, 0.25) is 0 Å². The van der Waals surface area contributed by atoms with Gasteiger partial charge in [-0.1, -0.05) is 5.53 Å². The third-order valence-corrected chi connectivity index (χ3v) is 0.417. The molecule has 0 fully saturated rings. The van der Waals surface area contributed by atoms with Crippen LogP contribution in [0, 0.1) is 0 Å². The molecule has 0 rings (SSSR count). The van der Waals surface area contributed by atoms with Crippen molar-refractivity contribution in [1.82, 2.24) is 10.6 Å². The van der Waals surface area contributed by atoms with Gasteiger partial charge in [-0.15, -0.1) is 5.43 Å². The fraction of sp³-hybridized carbons (Fsp3) is 0.667. The largest absolute Gasteiger partial charge is 0.462 e. The lowest BCUT2D eigenvalue weighted by Gasteiger charge is -1.94. The molecule has 0 spiro atoms. The summed E-state index contributed by atoms with van der Waals surface area (Å²) in [6.45, 7) is 1.91.